The summed E-state index contributed by atoms with van der Waals surface area (Å²) in [6, 6.07) is 0.0392. The highest BCUT2D eigenvalue weighted by atomic mass is 32.1. The molecular formula is C11H17F2N3S. The zero-order valence-electron chi connectivity index (χ0n) is 9.83. The summed E-state index contributed by atoms with van der Waals surface area (Å²) in [6.07, 6.45) is 1.67. The number of nitrogens with two attached hydrogens (primary N) is 1. The molecule has 0 aliphatic carbocycles. The molecule has 2 N–H and O–H groups in total. The maximum atomic E-state index is 13.1. The van der Waals surface area contributed by atoms with Gasteiger partial charge in [0.05, 0.1) is 11.0 Å². The number of rotatable bonds is 3. The monoisotopic (exact) mass is 261 g/mol. The summed E-state index contributed by atoms with van der Waals surface area (Å²) in [5.41, 5.74) is 5.76. The number of aromatic nitrogens is 1. The Kier molecular flexibility index (Phi) is 3.75. The van der Waals surface area contributed by atoms with Gasteiger partial charge in [-0.3, -0.25) is 4.90 Å². The molecule has 0 amide bonds. The number of aryl methyl sites for hydroxylation is 1. The SMILES string of the molecule is Cc1ncc(C(CN)N2CCC(F)(F)CC2)s1. The Hall–Kier alpha value is -0.590. The summed E-state index contributed by atoms with van der Waals surface area (Å²) in [5, 5.41) is 0.987. The summed E-state index contributed by atoms with van der Waals surface area (Å²) < 4.78 is 26.2. The zero-order valence-corrected chi connectivity index (χ0v) is 10.6. The van der Waals surface area contributed by atoms with Crippen LogP contribution in [0, 0.1) is 6.92 Å². The van der Waals surface area contributed by atoms with Crippen molar-refractivity contribution in [1.29, 1.82) is 0 Å². The van der Waals surface area contributed by atoms with Gasteiger partial charge in [0.1, 0.15) is 0 Å². The van der Waals surface area contributed by atoms with Crippen LogP contribution in [0.5, 0.6) is 0 Å². The molecule has 1 aliphatic rings. The number of hydrogen-bond donors (Lipinski definition) is 1. The third-order valence-corrected chi connectivity index (χ3v) is 4.18. The van der Waals surface area contributed by atoms with Crippen LogP contribution < -0.4 is 5.73 Å². The number of thiazole rings is 1. The summed E-state index contributed by atoms with van der Waals surface area (Å²) in [4.78, 5) is 7.32. The standard InChI is InChI=1S/C11H17F2N3S/c1-8-15-7-10(17-8)9(6-14)16-4-2-11(12,13)3-5-16/h7,9H,2-6,14H2,1H3. The third kappa shape index (κ3) is 3.00. The maximum Gasteiger partial charge on any atom is 0.250 e. The van der Waals surface area contributed by atoms with Crippen LogP contribution in [0.2, 0.25) is 0 Å². The fourth-order valence-electron chi connectivity index (χ4n) is 2.14. The van der Waals surface area contributed by atoms with Gasteiger partial charge in [-0.15, -0.1) is 11.3 Å². The van der Waals surface area contributed by atoms with Gasteiger partial charge in [0.15, 0.2) is 0 Å². The van der Waals surface area contributed by atoms with Crippen LogP contribution in [-0.2, 0) is 0 Å². The molecule has 1 atom stereocenters. The van der Waals surface area contributed by atoms with E-state index in [4.69, 9.17) is 5.73 Å². The van der Waals surface area contributed by atoms with E-state index in [1.165, 1.54) is 0 Å². The van der Waals surface area contributed by atoms with Crippen molar-refractivity contribution in [3.63, 3.8) is 0 Å². The highest BCUT2D eigenvalue weighted by Crippen LogP contribution is 2.33. The zero-order chi connectivity index (χ0) is 12.5. The lowest BCUT2D eigenvalue weighted by Gasteiger charge is -2.36. The molecule has 1 fully saturated rings. The highest BCUT2D eigenvalue weighted by Gasteiger charge is 2.36. The van der Waals surface area contributed by atoms with Crippen LogP contribution in [0.15, 0.2) is 6.20 Å². The van der Waals surface area contributed by atoms with Crippen LogP contribution >= 0.6 is 11.3 Å². The first-order valence-electron chi connectivity index (χ1n) is 5.76. The average molecular weight is 261 g/mol. The van der Waals surface area contributed by atoms with E-state index < -0.39 is 5.92 Å². The Balaban J connectivity index is 2.05. The van der Waals surface area contributed by atoms with Crippen molar-refractivity contribution in [2.75, 3.05) is 19.6 Å². The Labute approximate surface area is 104 Å². The van der Waals surface area contributed by atoms with E-state index in [9.17, 15) is 8.78 Å². The number of likely N-dealkylation sites (tertiary alicyclic amines) is 1. The Morgan fingerprint density at radius 1 is 1.53 bits per heavy atom. The second-order valence-electron chi connectivity index (χ2n) is 4.43. The Morgan fingerprint density at radius 3 is 2.65 bits per heavy atom. The molecule has 1 aromatic heterocycles. The Bertz CT molecular complexity index is 371. The summed E-state index contributed by atoms with van der Waals surface area (Å²) >= 11 is 1.59. The van der Waals surface area contributed by atoms with E-state index in [1.54, 1.807) is 11.3 Å². The maximum absolute atomic E-state index is 13.1. The lowest BCUT2D eigenvalue weighted by Crippen LogP contribution is -2.43. The van der Waals surface area contributed by atoms with Gasteiger partial charge >= 0.3 is 0 Å². The lowest BCUT2D eigenvalue weighted by molar-refractivity contribution is -0.0625. The van der Waals surface area contributed by atoms with E-state index >= 15 is 0 Å². The van der Waals surface area contributed by atoms with Gasteiger partial charge in [-0.25, -0.2) is 13.8 Å². The molecule has 1 aromatic rings. The number of piperidine rings is 1. The van der Waals surface area contributed by atoms with Gasteiger partial charge in [-0.05, 0) is 6.92 Å². The molecule has 17 heavy (non-hydrogen) atoms. The minimum absolute atomic E-state index is 0.0392. The van der Waals surface area contributed by atoms with Crippen LogP contribution in [0.4, 0.5) is 8.78 Å². The quantitative estimate of drug-likeness (QED) is 0.907. The Morgan fingerprint density at radius 2 is 2.18 bits per heavy atom. The number of hydrogen-bond acceptors (Lipinski definition) is 4. The molecule has 96 valence electrons. The second kappa shape index (κ2) is 4.96. The lowest BCUT2D eigenvalue weighted by atomic mass is 10.0. The fraction of sp³-hybridized carbons (Fsp3) is 0.727. The molecule has 6 heteroatoms. The van der Waals surface area contributed by atoms with Crippen LogP contribution in [0.25, 0.3) is 0 Å². The van der Waals surface area contributed by atoms with E-state index in [0.29, 0.717) is 19.6 Å². The summed E-state index contributed by atoms with van der Waals surface area (Å²) in [5.74, 6) is -2.50. The van der Waals surface area contributed by atoms with E-state index in [1.807, 2.05) is 18.0 Å². The van der Waals surface area contributed by atoms with Crippen molar-refractivity contribution in [3.05, 3.63) is 16.1 Å². The van der Waals surface area contributed by atoms with Crippen molar-refractivity contribution >= 4 is 11.3 Å². The van der Waals surface area contributed by atoms with Crippen molar-refractivity contribution in [2.24, 2.45) is 5.73 Å². The number of alkyl halides is 2. The highest BCUT2D eigenvalue weighted by molar-refractivity contribution is 7.11. The van der Waals surface area contributed by atoms with E-state index in [-0.39, 0.29) is 18.9 Å². The van der Waals surface area contributed by atoms with Gasteiger partial charge in [-0.2, -0.15) is 0 Å². The summed E-state index contributed by atoms with van der Waals surface area (Å²) in [7, 11) is 0. The molecule has 2 heterocycles. The normalized spacial score (nSPS) is 22.6. The largest absolute Gasteiger partial charge is 0.329 e. The second-order valence-corrected chi connectivity index (χ2v) is 5.69. The van der Waals surface area contributed by atoms with Crippen molar-refractivity contribution in [2.45, 2.75) is 31.7 Å². The predicted octanol–water partition coefficient (Wildman–Crippen LogP) is 2.18. The molecule has 0 spiro atoms. The fourth-order valence-corrected chi connectivity index (χ4v) is 3.07. The first kappa shape index (κ1) is 12.9. The van der Waals surface area contributed by atoms with E-state index in [0.717, 1.165) is 9.88 Å². The molecule has 0 bridgehead atoms. The van der Waals surface area contributed by atoms with E-state index in [2.05, 4.69) is 4.98 Å². The van der Waals surface area contributed by atoms with Gasteiger partial charge in [0.25, 0.3) is 5.92 Å². The summed E-state index contributed by atoms with van der Waals surface area (Å²) in [6.45, 7) is 3.21. The molecule has 1 unspecified atom stereocenters. The minimum atomic E-state index is -2.50. The third-order valence-electron chi connectivity index (χ3n) is 3.16. The van der Waals surface area contributed by atoms with Crippen LogP contribution in [0.1, 0.15) is 28.8 Å². The molecule has 1 saturated heterocycles. The molecule has 2 rings (SSSR count). The van der Waals surface area contributed by atoms with Crippen molar-refractivity contribution < 1.29 is 8.78 Å². The van der Waals surface area contributed by atoms with Crippen molar-refractivity contribution in [1.82, 2.24) is 9.88 Å². The predicted molar refractivity (Wildman–Crippen MR) is 64.4 cm³/mol. The molecular weight excluding hydrogens is 244 g/mol. The molecule has 1 aliphatic heterocycles. The van der Waals surface area contributed by atoms with Crippen LogP contribution in [0.3, 0.4) is 0 Å². The smallest absolute Gasteiger partial charge is 0.250 e. The molecule has 0 aromatic carbocycles. The molecule has 0 saturated carbocycles. The molecule has 3 nitrogen and oxygen atoms in total. The minimum Gasteiger partial charge on any atom is -0.329 e. The van der Waals surface area contributed by atoms with Gasteiger partial charge in [-0.1, -0.05) is 0 Å². The van der Waals surface area contributed by atoms with Crippen molar-refractivity contribution in [3.8, 4) is 0 Å². The molecule has 0 radical (unpaired) electrons. The number of halogens is 2. The van der Waals surface area contributed by atoms with Gasteiger partial charge in [0, 0.05) is 43.5 Å². The van der Waals surface area contributed by atoms with Crippen LogP contribution in [-0.4, -0.2) is 35.4 Å². The first-order chi connectivity index (χ1) is 8.02. The topological polar surface area (TPSA) is 42.1 Å². The van der Waals surface area contributed by atoms with Gasteiger partial charge in [0.2, 0.25) is 0 Å². The average Bonchev–Trinajstić information content (AvgIpc) is 2.68. The first-order valence-corrected chi connectivity index (χ1v) is 6.58. The number of nitrogens with zero attached hydrogens (tertiary/aromatic N) is 2. The van der Waals surface area contributed by atoms with Gasteiger partial charge < -0.3 is 5.73 Å².